The van der Waals surface area contributed by atoms with Crippen LogP contribution in [0.15, 0.2) is 53.4 Å². The quantitative estimate of drug-likeness (QED) is 0.823. The summed E-state index contributed by atoms with van der Waals surface area (Å²) in [6.07, 6.45) is 2.92. The van der Waals surface area contributed by atoms with Gasteiger partial charge in [0.1, 0.15) is 11.5 Å². The predicted octanol–water partition coefficient (Wildman–Crippen LogP) is 4.48. The lowest BCUT2D eigenvalue weighted by Crippen LogP contribution is -2.34. The van der Waals surface area contributed by atoms with E-state index < -0.39 is 0 Å². The third kappa shape index (κ3) is 4.58. The molecule has 0 radical (unpaired) electrons. The SMILES string of the molecule is CSc1ccc(Oc2ccc(CC(C)(C)N)cc2)cc1. The highest BCUT2D eigenvalue weighted by Crippen LogP contribution is 2.25. The molecule has 2 nitrogen and oxygen atoms in total. The molecule has 2 rings (SSSR count). The second kappa shape index (κ2) is 6.33. The van der Waals surface area contributed by atoms with E-state index in [4.69, 9.17) is 10.5 Å². The Balaban J connectivity index is 2.02. The van der Waals surface area contributed by atoms with Gasteiger partial charge in [-0.1, -0.05) is 12.1 Å². The molecule has 0 aliphatic carbocycles. The molecule has 20 heavy (non-hydrogen) atoms. The molecule has 106 valence electrons. The number of benzene rings is 2. The zero-order valence-corrected chi connectivity index (χ0v) is 13.0. The predicted molar refractivity (Wildman–Crippen MR) is 86.7 cm³/mol. The van der Waals surface area contributed by atoms with Gasteiger partial charge in [0.2, 0.25) is 0 Å². The summed E-state index contributed by atoms with van der Waals surface area (Å²) >= 11 is 1.72. The highest BCUT2D eigenvalue weighted by atomic mass is 32.2. The molecule has 0 aromatic heterocycles. The molecule has 0 heterocycles. The molecule has 0 spiro atoms. The van der Waals surface area contributed by atoms with Gasteiger partial charge in [-0.25, -0.2) is 0 Å². The van der Waals surface area contributed by atoms with Crippen molar-refractivity contribution in [3.63, 3.8) is 0 Å². The fourth-order valence-corrected chi connectivity index (χ4v) is 2.39. The van der Waals surface area contributed by atoms with Gasteiger partial charge in [0.05, 0.1) is 0 Å². The Morgan fingerprint density at radius 2 is 1.45 bits per heavy atom. The van der Waals surface area contributed by atoms with E-state index in [-0.39, 0.29) is 5.54 Å². The number of ether oxygens (including phenoxy) is 1. The first-order valence-electron chi connectivity index (χ1n) is 6.66. The molecule has 0 aliphatic heterocycles. The lowest BCUT2D eigenvalue weighted by Gasteiger charge is -2.18. The van der Waals surface area contributed by atoms with Gasteiger partial charge >= 0.3 is 0 Å². The zero-order chi connectivity index (χ0) is 14.6. The average Bonchev–Trinajstić information content (AvgIpc) is 2.40. The van der Waals surface area contributed by atoms with Crippen LogP contribution in [0.25, 0.3) is 0 Å². The lowest BCUT2D eigenvalue weighted by atomic mass is 9.96. The van der Waals surface area contributed by atoms with Crippen molar-refractivity contribution in [2.24, 2.45) is 5.73 Å². The number of hydrogen-bond acceptors (Lipinski definition) is 3. The van der Waals surface area contributed by atoms with E-state index in [1.165, 1.54) is 10.5 Å². The molecule has 0 bridgehead atoms. The van der Waals surface area contributed by atoms with Crippen LogP contribution in [0, 0.1) is 0 Å². The molecule has 2 aromatic rings. The second-order valence-electron chi connectivity index (χ2n) is 5.59. The van der Waals surface area contributed by atoms with E-state index in [1.807, 2.05) is 38.1 Å². The van der Waals surface area contributed by atoms with Crippen LogP contribution in [0.5, 0.6) is 11.5 Å². The van der Waals surface area contributed by atoms with Crippen LogP contribution in [0.3, 0.4) is 0 Å². The average molecular weight is 287 g/mol. The van der Waals surface area contributed by atoms with Crippen molar-refractivity contribution < 1.29 is 4.74 Å². The third-order valence-electron chi connectivity index (χ3n) is 2.88. The van der Waals surface area contributed by atoms with Gasteiger partial charge in [0, 0.05) is 10.4 Å². The molecule has 2 aromatic carbocycles. The Bertz CT molecular complexity index is 541. The van der Waals surface area contributed by atoms with Gasteiger partial charge in [0.25, 0.3) is 0 Å². The highest BCUT2D eigenvalue weighted by molar-refractivity contribution is 7.98. The monoisotopic (exact) mass is 287 g/mol. The number of nitrogens with two attached hydrogens (primary N) is 1. The smallest absolute Gasteiger partial charge is 0.127 e. The van der Waals surface area contributed by atoms with Gasteiger partial charge in [-0.3, -0.25) is 0 Å². The molecule has 0 unspecified atom stereocenters. The molecule has 0 fully saturated rings. The first kappa shape index (κ1) is 14.9. The van der Waals surface area contributed by atoms with Crippen LogP contribution >= 0.6 is 11.8 Å². The maximum atomic E-state index is 6.02. The second-order valence-corrected chi connectivity index (χ2v) is 6.47. The van der Waals surface area contributed by atoms with Crippen molar-refractivity contribution in [3.05, 3.63) is 54.1 Å². The van der Waals surface area contributed by atoms with Crippen LogP contribution in [0.4, 0.5) is 0 Å². The van der Waals surface area contributed by atoms with Crippen LogP contribution in [0.1, 0.15) is 19.4 Å². The maximum absolute atomic E-state index is 6.02. The maximum Gasteiger partial charge on any atom is 0.127 e. The first-order valence-corrected chi connectivity index (χ1v) is 7.88. The van der Waals surface area contributed by atoms with E-state index in [0.29, 0.717) is 0 Å². The van der Waals surface area contributed by atoms with Crippen molar-refractivity contribution in [2.45, 2.75) is 30.7 Å². The minimum atomic E-state index is -0.184. The van der Waals surface area contributed by atoms with Crippen molar-refractivity contribution in [1.82, 2.24) is 0 Å². The normalized spacial score (nSPS) is 11.4. The van der Waals surface area contributed by atoms with Gasteiger partial charge in [-0.2, -0.15) is 0 Å². The van der Waals surface area contributed by atoms with Crippen molar-refractivity contribution in [1.29, 1.82) is 0 Å². The Morgan fingerprint density at radius 1 is 0.950 bits per heavy atom. The van der Waals surface area contributed by atoms with Gasteiger partial charge in [0.15, 0.2) is 0 Å². The topological polar surface area (TPSA) is 35.2 Å². The molecule has 0 amide bonds. The summed E-state index contributed by atoms with van der Waals surface area (Å²) in [5, 5.41) is 0. The Kier molecular flexibility index (Phi) is 4.73. The van der Waals surface area contributed by atoms with Crippen molar-refractivity contribution >= 4 is 11.8 Å². The van der Waals surface area contributed by atoms with E-state index in [2.05, 4.69) is 30.5 Å². The zero-order valence-electron chi connectivity index (χ0n) is 12.2. The highest BCUT2D eigenvalue weighted by Gasteiger charge is 2.11. The summed E-state index contributed by atoms with van der Waals surface area (Å²) in [5.74, 6) is 1.70. The fourth-order valence-electron chi connectivity index (χ4n) is 1.98. The summed E-state index contributed by atoms with van der Waals surface area (Å²) in [4.78, 5) is 1.23. The Hall–Kier alpha value is -1.45. The van der Waals surface area contributed by atoms with Crippen molar-refractivity contribution in [3.8, 4) is 11.5 Å². The molecule has 0 saturated carbocycles. The van der Waals surface area contributed by atoms with E-state index >= 15 is 0 Å². The number of hydrogen-bond donors (Lipinski definition) is 1. The Morgan fingerprint density at radius 3 is 1.90 bits per heavy atom. The van der Waals surface area contributed by atoms with Crippen molar-refractivity contribution in [2.75, 3.05) is 6.26 Å². The molecular weight excluding hydrogens is 266 g/mol. The van der Waals surface area contributed by atoms with Crippen LogP contribution in [-0.4, -0.2) is 11.8 Å². The largest absolute Gasteiger partial charge is 0.457 e. The number of rotatable bonds is 5. The van der Waals surface area contributed by atoms with Crippen LogP contribution < -0.4 is 10.5 Å². The standard InChI is InChI=1S/C17H21NOS/c1-17(2,18)12-13-4-6-14(7-5-13)19-15-8-10-16(20-3)11-9-15/h4-11H,12,18H2,1-3H3. The molecular formula is C17H21NOS. The molecule has 0 aliphatic rings. The van der Waals surface area contributed by atoms with E-state index in [1.54, 1.807) is 11.8 Å². The Labute approximate surface area is 125 Å². The summed E-state index contributed by atoms with van der Waals surface area (Å²) in [5.41, 5.74) is 7.06. The minimum absolute atomic E-state index is 0.184. The molecule has 0 atom stereocenters. The molecule has 3 heteroatoms. The summed E-state index contributed by atoms with van der Waals surface area (Å²) < 4.78 is 5.82. The fraction of sp³-hybridized carbons (Fsp3) is 0.294. The van der Waals surface area contributed by atoms with Gasteiger partial charge in [-0.15, -0.1) is 11.8 Å². The van der Waals surface area contributed by atoms with Crippen LogP contribution in [0.2, 0.25) is 0 Å². The number of thioether (sulfide) groups is 1. The summed E-state index contributed by atoms with van der Waals surface area (Å²) in [6, 6.07) is 16.2. The van der Waals surface area contributed by atoms with Crippen LogP contribution in [-0.2, 0) is 6.42 Å². The lowest BCUT2D eigenvalue weighted by molar-refractivity contribution is 0.480. The first-order chi connectivity index (χ1) is 9.46. The van der Waals surface area contributed by atoms with E-state index in [9.17, 15) is 0 Å². The van der Waals surface area contributed by atoms with Gasteiger partial charge in [-0.05, 0) is 68.5 Å². The summed E-state index contributed by atoms with van der Waals surface area (Å²) in [7, 11) is 0. The summed E-state index contributed by atoms with van der Waals surface area (Å²) in [6.45, 7) is 4.06. The van der Waals surface area contributed by atoms with Gasteiger partial charge < -0.3 is 10.5 Å². The molecule has 0 saturated heterocycles. The minimum Gasteiger partial charge on any atom is -0.457 e. The van der Waals surface area contributed by atoms with E-state index in [0.717, 1.165) is 17.9 Å². The third-order valence-corrected chi connectivity index (χ3v) is 3.62. The molecule has 2 N–H and O–H groups in total.